The summed E-state index contributed by atoms with van der Waals surface area (Å²) in [6.07, 6.45) is -0.681. The van der Waals surface area contributed by atoms with E-state index in [4.69, 9.17) is 22.1 Å². The van der Waals surface area contributed by atoms with E-state index in [1.54, 1.807) is 24.4 Å². The minimum absolute atomic E-state index is 0.161. The third-order valence-corrected chi connectivity index (χ3v) is 7.65. The Kier molecular flexibility index (Phi) is 7.69. The number of hydrogen-bond donors (Lipinski definition) is 1. The highest BCUT2D eigenvalue weighted by Crippen LogP contribution is 2.39. The number of halogens is 4. The summed E-state index contributed by atoms with van der Waals surface area (Å²) < 4.78 is 46.9. The molecule has 2 heterocycles. The molecule has 7 nitrogen and oxygen atoms in total. The Bertz CT molecular complexity index is 1330. The van der Waals surface area contributed by atoms with Crippen molar-refractivity contribution in [2.24, 2.45) is 5.73 Å². The Morgan fingerprint density at radius 3 is 2.55 bits per heavy atom. The summed E-state index contributed by atoms with van der Waals surface area (Å²) in [5.41, 5.74) is 4.29. The Hall–Kier alpha value is -3.02. The predicted octanol–water partition coefficient (Wildman–Crippen LogP) is 5.26. The lowest BCUT2D eigenvalue weighted by molar-refractivity contribution is -0.138. The number of carbonyl (C=O) groups is 1. The Labute approximate surface area is 227 Å². The molecule has 0 unspecified atom stereocenters. The highest BCUT2D eigenvalue weighted by Gasteiger charge is 2.35. The van der Waals surface area contributed by atoms with Crippen molar-refractivity contribution in [2.45, 2.75) is 41.5 Å². The van der Waals surface area contributed by atoms with Gasteiger partial charge in [-0.05, 0) is 48.7 Å². The van der Waals surface area contributed by atoms with E-state index in [0.29, 0.717) is 21.9 Å². The van der Waals surface area contributed by atoms with Crippen LogP contribution >= 0.6 is 23.4 Å². The summed E-state index contributed by atoms with van der Waals surface area (Å²) in [6, 6.07) is 11.3. The van der Waals surface area contributed by atoms with Crippen LogP contribution in [0, 0.1) is 0 Å². The molecule has 1 saturated heterocycles. The third kappa shape index (κ3) is 6.33. The highest BCUT2D eigenvalue weighted by molar-refractivity contribution is 7.99. The Morgan fingerprint density at radius 2 is 1.89 bits per heavy atom. The first-order valence-corrected chi connectivity index (χ1v) is 13.3. The second-order valence-electron chi connectivity index (χ2n) is 9.18. The quantitative estimate of drug-likeness (QED) is 0.400. The Balaban J connectivity index is 1.41. The maximum absolute atomic E-state index is 13.6. The zero-order valence-corrected chi connectivity index (χ0v) is 21.8. The van der Waals surface area contributed by atoms with Gasteiger partial charge in [-0.15, -0.1) is 0 Å². The van der Waals surface area contributed by atoms with Gasteiger partial charge in [0.25, 0.3) is 0 Å². The zero-order chi connectivity index (χ0) is 26.9. The van der Waals surface area contributed by atoms with E-state index in [-0.39, 0.29) is 17.4 Å². The second-order valence-corrected chi connectivity index (χ2v) is 10.7. The normalized spacial score (nSPS) is 16.5. The number of ether oxygens (including phenoxy) is 1. The molecular formula is C26H25ClF3N5O2S. The van der Waals surface area contributed by atoms with E-state index in [2.05, 4.69) is 19.8 Å². The smallest absolute Gasteiger partial charge is 0.417 e. The summed E-state index contributed by atoms with van der Waals surface area (Å²) in [5, 5.41) is 0.562. The minimum Gasteiger partial charge on any atom is -0.472 e. The van der Waals surface area contributed by atoms with Gasteiger partial charge in [0.2, 0.25) is 17.7 Å². The minimum atomic E-state index is -4.74. The van der Waals surface area contributed by atoms with Crippen LogP contribution in [0.5, 0.6) is 5.88 Å². The first-order chi connectivity index (χ1) is 18.2. The van der Waals surface area contributed by atoms with E-state index in [9.17, 15) is 18.0 Å². The number of rotatable bonds is 8. The van der Waals surface area contributed by atoms with Crippen molar-refractivity contribution in [3.8, 4) is 5.88 Å². The molecule has 2 aromatic carbocycles. The molecule has 12 heteroatoms. The van der Waals surface area contributed by atoms with E-state index >= 15 is 0 Å². The monoisotopic (exact) mass is 563 g/mol. The summed E-state index contributed by atoms with van der Waals surface area (Å²) in [7, 11) is 0. The number of primary amides is 1. The fourth-order valence-electron chi connectivity index (χ4n) is 4.34. The van der Waals surface area contributed by atoms with E-state index < -0.39 is 23.2 Å². The number of hydrogen-bond acceptors (Lipinski definition) is 7. The zero-order valence-electron chi connectivity index (χ0n) is 20.2. The van der Waals surface area contributed by atoms with Crippen LogP contribution in [0.4, 0.5) is 19.1 Å². The van der Waals surface area contributed by atoms with E-state index in [1.807, 2.05) is 6.07 Å². The van der Waals surface area contributed by atoms with Gasteiger partial charge in [0.1, 0.15) is 6.61 Å². The molecule has 2 fully saturated rings. The number of alkyl halides is 3. The number of nitrogens with zero attached hydrogens (tertiary/aromatic N) is 4. The van der Waals surface area contributed by atoms with Gasteiger partial charge in [-0.25, -0.2) is 4.98 Å². The SMILES string of the molecule is NC(=O)c1ccc(Sc2cnc(N3CCN(C4CC4)CC3)nc2OCc2cccc(Cl)c2)cc1C(F)(F)F. The number of nitrogens with two attached hydrogens (primary N) is 1. The fourth-order valence-corrected chi connectivity index (χ4v) is 5.42. The number of anilines is 1. The van der Waals surface area contributed by atoms with Crippen LogP contribution in [0.1, 0.15) is 34.3 Å². The number of aromatic nitrogens is 2. The fraction of sp³-hybridized carbons (Fsp3) is 0.346. The second kappa shape index (κ2) is 11.0. The van der Waals surface area contributed by atoms with Gasteiger partial charge in [-0.2, -0.15) is 18.2 Å². The average Bonchev–Trinajstić information content (AvgIpc) is 3.73. The molecule has 0 bridgehead atoms. The van der Waals surface area contributed by atoms with Gasteiger partial charge in [0, 0.05) is 42.1 Å². The van der Waals surface area contributed by atoms with Crippen molar-refractivity contribution in [3.63, 3.8) is 0 Å². The van der Waals surface area contributed by atoms with Crippen molar-refractivity contribution >= 4 is 35.2 Å². The predicted molar refractivity (Wildman–Crippen MR) is 139 cm³/mol. The van der Waals surface area contributed by atoms with Crippen molar-refractivity contribution in [2.75, 3.05) is 31.1 Å². The van der Waals surface area contributed by atoms with Gasteiger partial charge >= 0.3 is 6.18 Å². The van der Waals surface area contributed by atoms with Crippen LogP contribution in [0.2, 0.25) is 5.02 Å². The molecule has 0 atom stereocenters. The molecule has 1 aliphatic heterocycles. The molecule has 0 spiro atoms. The van der Waals surface area contributed by atoms with E-state index in [0.717, 1.165) is 55.6 Å². The van der Waals surface area contributed by atoms with Crippen molar-refractivity contribution in [1.82, 2.24) is 14.9 Å². The van der Waals surface area contributed by atoms with Crippen molar-refractivity contribution in [3.05, 3.63) is 70.4 Å². The first kappa shape index (κ1) is 26.6. The number of amides is 1. The maximum Gasteiger partial charge on any atom is 0.417 e. The molecule has 200 valence electrons. The number of piperazine rings is 1. The van der Waals surface area contributed by atoms with Crippen LogP contribution in [0.15, 0.2) is 58.5 Å². The van der Waals surface area contributed by atoms with Crippen molar-refractivity contribution in [1.29, 1.82) is 0 Å². The number of benzene rings is 2. The van der Waals surface area contributed by atoms with Gasteiger partial charge in [0.15, 0.2) is 0 Å². The summed E-state index contributed by atoms with van der Waals surface area (Å²) in [4.78, 5) is 25.9. The molecule has 1 amide bonds. The highest BCUT2D eigenvalue weighted by atomic mass is 35.5. The summed E-state index contributed by atoms with van der Waals surface area (Å²) in [5.74, 6) is -0.392. The topological polar surface area (TPSA) is 84.6 Å². The molecule has 1 saturated carbocycles. The lowest BCUT2D eigenvalue weighted by Crippen LogP contribution is -2.47. The summed E-state index contributed by atoms with van der Waals surface area (Å²) in [6.45, 7) is 3.57. The molecule has 1 aromatic heterocycles. The standard InChI is InChI=1S/C26H25ClF3N5O2S/c27-17-3-1-2-16(12-17)15-37-24-22(38-19-6-7-20(23(31)36)21(13-19)26(28,29)30)14-32-25(33-24)35-10-8-34(9-11-35)18-4-5-18/h1-3,6-7,12-14,18H,4-5,8-11,15H2,(H2,31,36). The Morgan fingerprint density at radius 1 is 1.13 bits per heavy atom. The van der Waals surface area contributed by atoms with Crippen LogP contribution in [-0.2, 0) is 12.8 Å². The molecule has 1 aliphatic carbocycles. The number of carbonyl (C=O) groups excluding carboxylic acids is 1. The lowest BCUT2D eigenvalue weighted by Gasteiger charge is -2.34. The van der Waals surface area contributed by atoms with Crippen LogP contribution in [0.25, 0.3) is 0 Å². The molecule has 3 aromatic rings. The van der Waals surface area contributed by atoms with E-state index in [1.165, 1.54) is 18.9 Å². The van der Waals surface area contributed by atoms with Crippen LogP contribution in [0.3, 0.4) is 0 Å². The first-order valence-electron chi connectivity index (χ1n) is 12.1. The van der Waals surface area contributed by atoms with Crippen LogP contribution < -0.4 is 15.4 Å². The maximum atomic E-state index is 13.6. The van der Waals surface area contributed by atoms with Gasteiger partial charge in [-0.3, -0.25) is 9.69 Å². The molecule has 5 rings (SSSR count). The lowest BCUT2D eigenvalue weighted by atomic mass is 10.1. The van der Waals surface area contributed by atoms with Crippen LogP contribution in [-0.4, -0.2) is 53.0 Å². The van der Waals surface area contributed by atoms with Gasteiger partial charge in [0.05, 0.1) is 22.2 Å². The molecule has 38 heavy (non-hydrogen) atoms. The van der Waals surface area contributed by atoms with Gasteiger partial charge in [-0.1, -0.05) is 35.5 Å². The molecule has 2 N–H and O–H groups in total. The summed E-state index contributed by atoms with van der Waals surface area (Å²) >= 11 is 7.11. The molecule has 2 aliphatic rings. The average molecular weight is 564 g/mol. The largest absolute Gasteiger partial charge is 0.472 e. The molecule has 0 radical (unpaired) electrons. The molecular weight excluding hydrogens is 539 g/mol. The third-order valence-electron chi connectivity index (χ3n) is 6.42. The van der Waals surface area contributed by atoms with Gasteiger partial charge < -0.3 is 15.4 Å². The van der Waals surface area contributed by atoms with Crippen molar-refractivity contribution < 1.29 is 22.7 Å².